The maximum Gasteiger partial charge on any atom is 0.241 e. The Hall–Kier alpha value is -0.720. The predicted molar refractivity (Wildman–Crippen MR) is 68.8 cm³/mol. The fourth-order valence-electron chi connectivity index (χ4n) is 1.96. The summed E-state index contributed by atoms with van der Waals surface area (Å²) in [6.45, 7) is 0.352. The molecule has 0 aromatic heterocycles. The highest BCUT2D eigenvalue weighted by Gasteiger charge is 2.30. The van der Waals surface area contributed by atoms with Crippen LogP contribution >= 0.6 is 27.5 Å². The molecular formula is C11H10BrClF2N2O. The van der Waals surface area contributed by atoms with Crippen molar-refractivity contribution in [3.8, 4) is 0 Å². The largest absolute Gasteiger partial charge is 0.308 e. The first-order valence-electron chi connectivity index (χ1n) is 5.29. The van der Waals surface area contributed by atoms with Crippen LogP contribution in [0.1, 0.15) is 5.56 Å². The number of anilines is 1. The quantitative estimate of drug-likeness (QED) is 0.521. The number of halogens is 4. The van der Waals surface area contributed by atoms with E-state index in [1.54, 1.807) is 0 Å². The zero-order valence-electron chi connectivity index (χ0n) is 9.27. The van der Waals surface area contributed by atoms with Crippen LogP contribution < -0.4 is 10.2 Å². The summed E-state index contributed by atoms with van der Waals surface area (Å²) in [5.41, 5.74) is 0.664. The Morgan fingerprint density at radius 3 is 2.89 bits per heavy atom. The summed E-state index contributed by atoms with van der Waals surface area (Å²) in [5.74, 6) is -2.29. The highest BCUT2D eigenvalue weighted by molar-refractivity contribution is 9.10. The van der Waals surface area contributed by atoms with E-state index in [2.05, 4.69) is 21.2 Å². The zero-order chi connectivity index (χ0) is 13.3. The number of alkyl halides is 1. The van der Waals surface area contributed by atoms with Gasteiger partial charge in [-0.15, -0.1) is 11.6 Å². The third-order valence-electron chi connectivity index (χ3n) is 2.76. The number of hydrogen-bond donors (Lipinski definition) is 1. The molecule has 1 aromatic carbocycles. The molecular weight excluding hydrogens is 329 g/mol. The molecule has 98 valence electrons. The van der Waals surface area contributed by atoms with E-state index in [4.69, 9.17) is 11.6 Å². The molecule has 7 heteroatoms. The molecule has 0 saturated heterocycles. The number of benzene rings is 1. The van der Waals surface area contributed by atoms with Crippen molar-refractivity contribution >= 4 is 39.1 Å². The van der Waals surface area contributed by atoms with E-state index in [-0.39, 0.29) is 28.6 Å². The molecule has 0 fully saturated rings. The van der Waals surface area contributed by atoms with Crippen LogP contribution in [-0.4, -0.2) is 25.0 Å². The van der Waals surface area contributed by atoms with Crippen molar-refractivity contribution in [1.82, 2.24) is 5.32 Å². The Balaban J connectivity index is 2.33. The number of carbonyl (C=O) groups excluding carboxylic acids is 1. The molecule has 0 radical (unpaired) electrons. The van der Waals surface area contributed by atoms with Gasteiger partial charge in [0.15, 0.2) is 11.6 Å². The smallest absolute Gasteiger partial charge is 0.241 e. The normalized spacial score (nSPS) is 13.9. The van der Waals surface area contributed by atoms with Gasteiger partial charge >= 0.3 is 0 Å². The minimum absolute atomic E-state index is 0.0000625. The Bertz CT molecular complexity index is 498. The third kappa shape index (κ3) is 2.37. The molecule has 18 heavy (non-hydrogen) atoms. The lowest BCUT2D eigenvalue weighted by Crippen LogP contribution is -2.37. The van der Waals surface area contributed by atoms with Gasteiger partial charge in [0, 0.05) is 6.54 Å². The van der Waals surface area contributed by atoms with Crippen LogP contribution in [0.4, 0.5) is 14.5 Å². The summed E-state index contributed by atoms with van der Waals surface area (Å²) in [6.07, 6.45) is 0.512. The van der Waals surface area contributed by atoms with Crippen molar-refractivity contribution in [2.45, 2.75) is 6.42 Å². The molecule has 1 aliphatic rings. The highest BCUT2D eigenvalue weighted by atomic mass is 79.9. The molecule has 1 aromatic rings. The molecule has 0 saturated carbocycles. The summed E-state index contributed by atoms with van der Waals surface area (Å²) >= 11 is 8.36. The Morgan fingerprint density at radius 1 is 1.50 bits per heavy atom. The minimum atomic E-state index is -0.990. The van der Waals surface area contributed by atoms with Gasteiger partial charge in [0.1, 0.15) is 0 Å². The molecule has 0 bridgehead atoms. The average Bonchev–Trinajstić information content (AvgIpc) is 2.77. The molecule has 0 spiro atoms. The van der Waals surface area contributed by atoms with Crippen molar-refractivity contribution < 1.29 is 13.6 Å². The number of nitrogens with one attached hydrogen (secondary N) is 1. The van der Waals surface area contributed by atoms with E-state index in [1.165, 1.54) is 11.0 Å². The van der Waals surface area contributed by atoms with Gasteiger partial charge in [0.2, 0.25) is 5.91 Å². The van der Waals surface area contributed by atoms with E-state index in [1.807, 2.05) is 0 Å². The van der Waals surface area contributed by atoms with Gasteiger partial charge in [-0.25, -0.2) is 8.78 Å². The minimum Gasteiger partial charge on any atom is -0.308 e. The van der Waals surface area contributed by atoms with Crippen LogP contribution in [0.5, 0.6) is 0 Å². The number of hydrogen-bond acceptors (Lipinski definition) is 2. The van der Waals surface area contributed by atoms with Gasteiger partial charge in [0.25, 0.3) is 0 Å². The SMILES string of the molecule is O=C(CNCCl)N1CCc2cc(Br)c(F)c(F)c21. The maximum absolute atomic E-state index is 13.9. The molecule has 1 aliphatic heterocycles. The number of nitrogens with zero attached hydrogens (tertiary/aromatic N) is 1. The number of carbonyl (C=O) groups is 1. The topological polar surface area (TPSA) is 32.3 Å². The Kier molecular flexibility index (Phi) is 4.19. The van der Waals surface area contributed by atoms with Gasteiger partial charge in [-0.3, -0.25) is 10.1 Å². The van der Waals surface area contributed by atoms with Gasteiger partial charge in [-0.1, -0.05) is 0 Å². The van der Waals surface area contributed by atoms with Crippen molar-refractivity contribution in [3.63, 3.8) is 0 Å². The van der Waals surface area contributed by atoms with Crippen LogP contribution in [0.3, 0.4) is 0 Å². The van der Waals surface area contributed by atoms with Crippen LogP contribution in [0.15, 0.2) is 10.5 Å². The summed E-state index contributed by atoms with van der Waals surface area (Å²) in [6, 6.07) is 1.64. The van der Waals surface area contributed by atoms with E-state index < -0.39 is 11.6 Å². The fraction of sp³-hybridized carbons (Fsp3) is 0.364. The van der Waals surface area contributed by atoms with E-state index in [9.17, 15) is 13.6 Å². The van der Waals surface area contributed by atoms with E-state index in [0.29, 0.717) is 18.5 Å². The molecule has 1 heterocycles. The molecule has 2 rings (SSSR count). The Morgan fingerprint density at radius 2 is 2.22 bits per heavy atom. The fourth-order valence-corrected chi connectivity index (χ4v) is 2.50. The van der Waals surface area contributed by atoms with Crippen molar-refractivity contribution in [3.05, 3.63) is 27.7 Å². The molecule has 3 nitrogen and oxygen atoms in total. The standard InChI is InChI=1S/C11H10BrClF2N2O/c12-7-3-6-1-2-17(8(18)4-16-5-13)11(6)10(15)9(7)14/h3,16H,1-2,4-5H2. The van der Waals surface area contributed by atoms with Gasteiger partial charge in [0.05, 0.1) is 22.7 Å². The second-order valence-electron chi connectivity index (χ2n) is 3.85. The second-order valence-corrected chi connectivity index (χ2v) is 4.97. The first kappa shape index (κ1) is 13.7. The first-order valence-corrected chi connectivity index (χ1v) is 6.62. The van der Waals surface area contributed by atoms with Gasteiger partial charge in [-0.05, 0) is 34.0 Å². The molecule has 1 N–H and O–H groups in total. The number of rotatable bonds is 3. The first-order chi connectivity index (χ1) is 8.56. The van der Waals surface area contributed by atoms with Crippen LogP contribution in [-0.2, 0) is 11.2 Å². The van der Waals surface area contributed by atoms with Crippen LogP contribution in [0.2, 0.25) is 0 Å². The molecule has 0 atom stereocenters. The predicted octanol–water partition coefficient (Wildman–Crippen LogP) is 2.40. The third-order valence-corrected chi connectivity index (χ3v) is 3.53. The lowest BCUT2D eigenvalue weighted by molar-refractivity contribution is -0.117. The summed E-state index contributed by atoms with van der Waals surface area (Å²) in [7, 11) is 0. The summed E-state index contributed by atoms with van der Waals surface area (Å²) in [4.78, 5) is 13.1. The zero-order valence-corrected chi connectivity index (χ0v) is 11.6. The number of amides is 1. The average molecular weight is 340 g/mol. The van der Waals surface area contributed by atoms with Crippen LogP contribution in [0, 0.1) is 11.6 Å². The second kappa shape index (κ2) is 5.50. The van der Waals surface area contributed by atoms with Gasteiger partial charge in [-0.2, -0.15) is 0 Å². The number of fused-ring (bicyclic) bond motifs is 1. The van der Waals surface area contributed by atoms with Crippen molar-refractivity contribution in [1.29, 1.82) is 0 Å². The lowest BCUT2D eigenvalue weighted by atomic mass is 10.1. The maximum atomic E-state index is 13.9. The lowest BCUT2D eigenvalue weighted by Gasteiger charge is -2.18. The van der Waals surface area contributed by atoms with Crippen molar-refractivity contribution in [2.24, 2.45) is 0 Å². The Labute approximate surface area is 116 Å². The van der Waals surface area contributed by atoms with E-state index in [0.717, 1.165) is 0 Å². The monoisotopic (exact) mass is 338 g/mol. The molecule has 1 amide bonds. The van der Waals surface area contributed by atoms with Gasteiger partial charge < -0.3 is 4.90 Å². The van der Waals surface area contributed by atoms with Crippen LogP contribution in [0.25, 0.3) is 0 Å². The highest BCUT2D eigenvalue weighted by Crippen LogP contribution is 2.35. The van der Waals surface area contributed by atoms with E-state index >= 15 is 0 Å². The van der Waals surface area contributed by atoms with Crippen molar-refractivity contribution in [2.75, 3.05) is 24.0 Å². The summed E-state index contributed by atoms with van der Waals surface area (Å²) < 4.78 is 27.4. The summed E-state index contributed by atoms with van der Waals surface area (Å²) in [5, 5.41) is 2.65. The molecule has 0 unspecified atom stereocenters. The molecule has 0 aliphatic carbocycles.